The number of anilines is 1. The quantitative estimate of drug-likeness (QED) is 0.785. The van der Waals surface area contributed by atoms with Crippen molar-refractivity contribution in [2.45, 2.75) is 6.92 Å². The first-order chi connectivity index (χ1) is 9.97. The second kappa shape index (κ2) is 7.04. The Bertz CT molecular complexity index is 653. The molecule has 0 spiro atoms. The van der Waals surface area contributed by atoms with Gasteiger partial charge in [0.15, 0.2) is 6.61 Å². The number of rotatable bonds is 4. The van der Waals surface area contributed by atoms with E-state index in [1.54, 1.807) is 12.1 Å². The van der Waals surface area contributed by atoms with E-state index >= 15 is 0 Å². The van der Waals surface area contributed by atoms with E-state index < -0.39 is 11.7 Å². The molecule has 3 nitrogen and oxygen atoms in total. The zero-order valence-electron chi connectivity index (χ0n) is 11.1. The molecule has 0 unspecified atom stereocenters. The summed E-state index contributed by atoms with van der Waals surface area (Å²) >= 11 is 6.75. The maximum absolute atomic E-state index is 13.4. The minimum atomic E-state index is -0.480. The maximum atomic E-state index is 13.4. The Morgan fingerprint density at radius 2 is 2.00 bits per heavy atom. The van der Waals surface area contributed by atoms with Crippen LogP contribution in [0.5, 0.6) is 5.75 Å². The van der Waals surface area contributed by atoms with E-state index in [0.29, 0.717) is 5.75 Å². The highest BCUT2D eigenvalue weighted by Gasteiger charge is 2.11. The fourth-order valence-corrected chi connectivity index (χ4v) is 3.31. The van der Waals surface area contributed by atoms with Crippen molar-refractivity contribution in [1.29, 1.82) is 0 Å². The Kier molecular flexibility index (Phi) is 5.36. The molecule has 110 valence electrons. The summed E-state index contributed by atoms with van der Waals surface area (Å²) in [4.78, 5) is 11.8. The van der Waals surface area contributed by atoms with Gasteiger partial charge in [0.05, 0.1) is 10.2 Å². The van der Waals surface area contributed by atoms with Gasteiger partial charge in [-0.05, 0) is 52.7 Å². The zero-order valence-corrected chi connectivity index (χ0v) is 14.3. The molecule has 0 aliphatic rings. The topological polar surface area (TPSA) is 38.3 Å². The third kappa shape index (κ3) is 4.28. The molecule has 0 heterocycles. The molecule has 1 N–H and O–H groups in total. The lowest BCUT2D eigenvalue weighted by Gasteiger charge is -2.12. The third-order valence-corrected chi connectivity index (χ3v) is 3.74. The number of ether oxygens (including phenoxy) is 1. The predicted molar refractivity (Wildman–Crippen MR) is 87.1 cm³/mol. The van der Waals surface area contributed by atoms with Crippen LogP contribution < -0.4 is 10.1 Å². The van der Waals surface area contributed by atoms with Crippen LogP contribution in [0.2, 0.25) is 0 Å². The molecular formula is C15H12Br2FNO2. The van der Waals surface area contributed by atoms with Gasteiger partial charge < -0.3 is 10.1 Å². The zero-order chi connectivity index (χ0) is 15.4. The van der Waals surface area contributed by atoms with Crippen molar-refractivity contribution in [2.24, 2.45) is 0 Å². The molecule has 0 saturated carbocycles. The Morgan fingerprint density at radius 1 is 1.29 bits per heavy atom. The van der Waals surface area contributed by atoms with Crippen LogP contribution in [-0.2, 0) is 4.79 Å². The van der Waals surface area contributed by atoms with Crippen molar-refractivity contribution in [2.75, 3.05) is 11.9 Å². The first kappa shape index (κ1) is 16.0. The lowest BCUT2D eigenvalue weighted by molar-refractivity contribution is -0.118. The van der Waals surface area contributed by atoms with Crippen LogP contribution in [-0.4, -0.2) is 12.5 Å². The van der Waals surface area contributed by atoms with Crippen LogP contribution in [0, 0.1) is 12.7 Å². The van der Waals surface area contributed by atoms with Gasteiger partial charge in [-0.2, -0.15) is 0 Å². The lowest BCUT2D eigenvalue weighted by atomic mass is 10.2. The summed E-state index contributed by atoms with van der Waals surface area (Å²) in [5.74, 6) is -0.317. The molecule has 0 atom stereocenters. The number of halogens is 3. The summed E-state index contributed by atoms with van der Waals surface area (Å²) < 4.78 is 20.6. The van der Waals surface area contributed by atoms with Crippen LogP contribution in [0.15, 0.2) is 45.3 Å². The second-order valence-corrected chi connectivity index (χ2v) is 6.12. The standard InChI is InChI=1S/C15H12Br2FNO2/c1-9-6-10(16)7-11(17)15(9)21-8-14(20)19-13-5-3-2-4-12(13)18/h2-7H,8H2,1H3,(H,19,20). The highest BCUT2D eigenvalue weighted by Crippen LogP contribution is 2.32. The van der Waals surface area contributed by atoms with Crippen molar-refractivity contribution in [3.05, 3.63) is 56.7 Å². The predicted octanol–water partition coefficient (Wildman–Crippen LogP) is 4.68. The number of para-hydroxylation sites is 1. The number of benzene rings is 2. The summed E-state index contributed by atoms with van der Waals surface area (Å²) in [6, 6.07) is 9.70. The molecule has 6 heteroatoms. The first-order valence-electron chi connectivity index (χ1n) is 6.10. The molecule has 2 aromatic carbocycles. The maximum Gasteiger partial charge on any atom is 0.262 e. The van der Waals surface area contributed by atoms with Gasteiger partial charge >= 0.3 is 0 Å². The Morgan fingerprint density at radius 3 is 2.67 bits per heavy atom. The Labute approximate surface area is 138 Å². The summed E-state index contributed by atoms with van der Waals surface area (Å²) in [5.41, 5.74) is 1.02. The van der Waals surface area contributed by atoms with E-state index in [2.05, 4.69) is 37.2 Å². The normalized spacial score (nSPS) is 10.3. The Balaban J connectivity index is 2.01. The van der Waals surface area contributed by atoms with Gasteiger partial charge in [-0.15, -0.1) is 0 Å². The van der Waals surface area contributed by atoms with Crippen LogP contribution >= 0.6 is 31.9 Å². The highest BCUT2D eigenvalue weighted by atomic mass is 79.9. The largest absolute Gasteiger partial charge is 0.482 e. The first-order valence-corrected chi connectivity index (χ1v) is 7.69. The minimum Gasteiger partial charge on any atom is -0.482 e. The smallest absolute Gasteiger partial charge is 0.262 e. The van der Waals surface area contributed by atoms with E-state index in [9.17, 15) is 9.18 Å². The van der Waals surface area contributed by atoms with Gasteiger partial charge in [-0.25, -0.2) is 4.39 Å². The van der Waals surface area contributed by atoms with Crippen molar-refractivity contribution in [1.82, 2.24) is 0 Å². The highest BCUT2D eigenvalue weighted by molar-refractivity contribution is 9.11. The number of hydrogen-bond acceptors (Lipinski definition) is 2. The van der Waals surface area contributed by atoms with Gasteiger partial charge in [-0.1, -0.05) is 28.1 Å². The number of amides is 1. The molecule has 0 saturated heterocycles. The molecule has 0 fully saturated rings. The summed E-state index contributed by atoms with van der Waals surface area (Å²) in [5, 5.41) is 2.47. The average Bonchev–Trinajstić information content (AvgIpc) is 2.40. The number of aryl methyl sites for hydroxylation is 1. The summed E-state index contributed by atoms with van der Waals surface area (Å²) in [7, 11) is 0. The average molecular weight is 417 g/mol. The van der Waals surface area contributed by atoms with Gasteiger partial charge in [-0.3, -0.25) is 4.79 Å². The molecule has 0 radical (unpaired) electrons. The molecule has 0 aliphatic carbocycles. The molecule has 0 aliphatic heterocycles. The monoisotopic (exact) mass is 415 g/mol. The number of nitrogens with one attached hydrogen (secondary N) is 1. The summed E-state index contributed by atoms with van der Waals surface area (Å²) in [6.07, 6.45) is 0. The molecule has 0 aromatic heterocycles. The van der Waals surface area contributed by atoms with Crippen molar-refractivity contribution < 1.29 is 13.9 Å². The number of carbonyl (C=O) groups excluding carboxylic acids is 1. The Hall–Kier alpha value is -1.40. The molecule has 1 amide bonds. The molecule has 21 heavy (non-hydrogen) atoms. The van der Waals surface area contributed by atoms with E-state index in [0.717, 1.165) is 14.5 Å². The van der Waals surface area contributed by atoms with Gasteiger partial charge in [0, 0.05) is 4.47 Å². The van der Waals surface area contributed by atoms with E-state index in [4.69, 9.17) is 4.74 Å². The number of carbonyl (C=O) groups is 1. The van der Waals surface area contributed by atoms with E-state index in [1.807, 2.05) is 19.1 Å². The fourth-order valence-electron chi connectivity index (χ4n) is 1.76. The van der Waals surface area contributed by atoms with Crippen LogP contribution in [0.3, 0.4) is 0 Å². The molecule has 2 rings (SSSR count). The fraction of sp³-hybridized carbons (Fsp3) is 0.133. The lowest BCUT2D eigenvalue weighted by Crippen LogP contribution is -2.21. The van der Waals surface area contributed by atoms with Crippen LogP contribution in [0.1, 0.15) is 5.56 Å². The van der Waals surface area contributed by atoms with Gasteiger partial charge in [0.2, 0.25) is 0 Å². The minimum absolute atomic E-state index is 0.137. The van der Waals surface area contributed by atoms with E-state index in [-0.39, 0.29) is 12.3 Å². The summed E-state index contributed by atoms with van der Waals surface area (Å²) in [6.45, 7) is 1.68. The van der Waals surface area contributed by atoms with Crippen molar-refractivity contribution in [3.63, 3.8) is 0 Å². The SMILES string of the molecule is Cc1cc(Br)cc(Br)c1OCC(=O)Nc1ccccc1F. The molecular weight excluding hydrogens is 405 g/mol. The third-order valence-electron chi connectivity index (χ3n) is 2.69. The van der Waals surface area contributed by atoms with Crippen molar-refractivity contribution in [3.8, 4) is 5.75 Å². The molecule has 0 bridgehead atoms. The van der Waals surface area contributed by atoms with Gasteiger partial charge in [0.1, 0.15) is 11.6 Å². The second-order valence-electron chi connectivity index (χ2n) is 4.35. The van der Waals surface area contributed by atoms with Crippen LogP contribution in [0.25, 0.3) is 0 Å². The van der Waals surface area contributed by atoms with Crippen molar-refractivity contribution >= 4 is 43.5 Å². The molecule has 2 aromatic rings. The van der Waals surface area contributed by atoms with Gasteiger partial charge in [0.25, 0.3) is 5.91 Å². The van der Waals surface area contributed by atoms with E-state index in [1.165, 1.54) is 12.1 Å². The number of hydrogen-bond donors (Lipinski definition) is 1. The van der Waals surface area contributed by atoms with Crippen LogP contribution in [0.4, 0.5) is 10.1 Å².